The van der Waals surface area contributed by atoms with Gasteiger partial charge in [-0.15, -0.1) is 5.10 Å². The highest BCUT2D eigenvalue weighted by Gasteiger charge is 2.22. The number of quaternary nitrogens is 1. The Balaban J connectivity index is 1.75. The predicted molar refractivity (Wildman–Crippen MR) is 104 cm³/mol. The van der Waals surface area contributed by atoms with E-state index in [9.17, 15) is 9.50 Å². The highest BCUT2D eigenvalue weighted by Crippen LogP contribution is 2.22. The molecule has 2 aromatic carbocycles. The molecule has 0 saturated carbocycles. The maximum atomic E-state index is 13.4. The molecule has 0 aliphatic carbocycles. The van der Waals surface area contributed by atoms with Crippen molar-refractivity contribution in [2.75, 3.05) is 13.1 Å². The molecule has 7 heteroatoms. The number of hydrogen-bond donors (Lipinski definition) is 2. The third-order valence-corrected chi connectivity index (χ3v) is 5.39. The highest BCUT2D eigenvalue weighted by molar-refractivity contribution is 7.71. The molecule has 2 heterocycles. The lowest BCUT2D eigenvalue weighted by atomic mass is 10.1. The average molecular weight is 385 g/mol. The Morgan fingerprint density at radius 2 is 1.74 bits per heavy atom. The maximum absolute atomic E-state index is 13.4. The third-order valence-electron chi connectivity index (χ3n) is 4.99. The number of aliphatic hydroxyl groups is 1. The van der Waals surface area contributed by atoms with Gasteiger partial charge in [-0.05, 0) is 36.5 Å². The summed E-state index contributed by atoms with van der Waals surface area (Å²) >= 11 is 5.73. The van der Waals surface area contributed by atoms with E-state index in [1.54, 1.807) is 12.1 Å². The largest absolute Gasteiger partial charge is 0.393 e. The standard InChI is InChI=1S/C20H21FN4OS/c21-16-6-8-17(9-7-16)25-19(15-4-2-1-3-5-15)22-24(20(25)27)14-23-12-10-18(26)11-13-23/h1-9,18,26H,10-14H2/p+1. The van der Waals surface area contributed by atoms with Gasteiger partial charge in [-0.3, -0.25) is 4.57 Å². The van der Waals surface area contributed by atoms with Crippen molar-refractivity contribution >= 4 is 12.2 Å². The molecule has 0 radical (unpaired) electrons. The topological polar surface area (TPSA) is 47.4 Å². The van der Waals surface area contributed by atoms with Crippen molar-refractivity contribution < 1.29 is 14.4 Å². The van der Waals surface area contributed by atoms with E-state index in [1.807, 2.05) is 39.6 Å². The minimum atomic E-state index is -0.282. The van der Waals surface area contributed by atoms with Gasteiger partial charge in [0, 0.05) is 18.4 Å². The van der Waals surface area contributed by atoms with Crippen molar-refractivity contribution in [3.05, 3.63) is 65.2 Å². The Hall–Kier alpha value is -2.35. The quantitative estimate of drug-likeness (QED) is 0.677. The van der Waals surface area contributed by atoms with E-state index in [0.29, 0.717) is 11.4 Å². The molecular formula is C20H22FN4OS+. The van der Waals surface area contributed by atoms with Crippen LogP contribution >= 0.6 is 12.2 Å². The molecule has 0 spiro atoms. The molecule has 0 atom stereocenters. The molecule has 1 aromatic heterocycles. The summed E-state index contributed by atoms with van der Waals surface area (Å²) in [5.74, 6) is 0.457. The van der Waals surface area contributed by atoms with Crippen LogP contribution in [0.1, 0.15) is 12.8 Å². The molecule has 0 bridgehead atoms. The van der Waals surface area contributed by atoms with Crippen molar-refractivity contribution in [3.8, 4) is 17.1 Å². The van der Waals surface area contributed by atoms with Crippen LogP contribution in [-0.4, -0.2) is 38.6 Å². The number of rotatable bonds is 4. The first-order valence-corrected chi connectivity index (χ1v) is 9.55. The maximum Gasteiger partial charge on any atom is 0.207 e. The van der Waals surface area contributed by atoms with Crippen LogP contribution in [-0.2, 0) is 6.67 Å². The fourth-order valence-corrected chi connectivity index (χ4v) is 3.79. The van der Waals surface area contributed by atoms with Gasteiger partial charge in [0.1, 0.15) is 5.82 Å². The van der Waals surface area contributed by atoms with Crippen molar-refractivity contribution in [2.45, 2.75) is 25.6 Å². The van der Waals surface area contributed by atoms with Crippen molar-refractivity contribution in [3.63, 3.8) is 0 Å². The molecule has 140 valence electrons. The van der Waals surface area contributed by atoms with Crippen LogP contribution < -0.4 is 4.90 Å². The van der Waals surface area contributed by atoms with Crippen LogP contribution in [0.3, 0.4) is 0 Å². The van der Waals surface area contributed by atoms with Gasteiger partial charge in [0.15, 0.2) is 12.5 Å². The third kappa shape index (κ3) is 3.85. The van der Waals surface area contributed by atoms with Gasteiger partial charge in [-0.25, -0.2) is 4.39 Å². The fraction of sp³-hybridized carbons (Fsp3) is 0.300. The van der Waals surface area contributed by atoms with Gasteiger partial charge < -0.3 is 10.0 Å². The van der Waals surface area contributed by atoms with Gasteiger partial charge in [-0.1, -0.05) is 30.3 Å². The second kappa shape index (κ2) is 7.72. The van der Waals surface area contributed by atoms with E-state index in [4.69, 9.17) is 17.3 Å². The summed E-state index contributed by atoms with van der Waals surface area (Å²) in [4.78, 5) is 1.35. The Kier molecular flexibility index (Phi) is 5.15. The van der Waals surface area contributed by atoms with E-state index < -0.39 is 0 Å². The van der Waals surface area contributed by atoms with Crippen LogP contribution in [0.2, 0.25) is 0 Å². The zero-order valence-corrected chi connectivity index (χ0v) is 15.7. The molecule has 4 rings (SSSR count). The average Bonchev–Trinajstić information content (AvgIpc) is 3.01. The zero-order chi connectivity index (χ0) is 18.8. The predicted octanol–water partition coefficient (Wildman–Crippen LogP) is 2.21. The summed E-state index contributed by atoms with van der Waals surface area (Å²) < 4.78 is 17.7. The lowest BCUT2D eigenvalue weighted by Crippen LogP contribution is -3.12. The summed E-state index contributed by atoms with van der Waals surface area (Å²) in [5.41, 5.74) is 1.74. The minimum Gasteiger partial charge on any atom is -0.393 e. The molecule has 5 nitrogen and oxygen atoms in total. The Morgan fingerprint density at radius 1 is 1.07 bits per heavy atom. The SMILES string of the molecule is OC1CC[NH+](Cn2nc(-c3ccccc3)n(-c3ccc(F)cc3)c2=S)CC1. The summed E-state index contributed by atoms with van der Waals surface area (Å²) in [6.45, 7) is 2.44. The summed E-state index contributed by atoms with van der Waals surface area (Å²) in [6.07, 6.45) is 1.40. The van der Waals surface area contributed by atoms with Crippen LogP contribution in [0.4, 0.5) is 4.39 Å². The lowest BCUT2D eigenvalue weighted by molar-refractivity contribution is -0.929. The molecule has 27 heavy (non-hydrogen) atoms. The van der Waals surface area contributed by atoms with Gasteiger partial charge in [0.25, 0.3) is 0 Å². The number of halogens is 1. The number of nitrogens with zero attached hydrogens (tertiary/aromatic N) is 3. The molecule has 1 fully saturated rings. The highest BCUT2D eigenvalue weighted by atomic mass is 32.1. The number of benzene rings is 2. The smallest absolute Gasteiger partial charge is 0.207 e. The first-order chi connectivity index (χ1) is 13.1. The second-order valence-corrected chi connectivity index (χ2v) is 7.29. The number of nitrogens with one attached hydrogen (secondary N) is 1. The van der Waals surface area contributed by atoms with Crippen LogP contribution in [0.15, 0.2) is 54.6 Å². The van der Waals surface area contributed by atoms with Crippen molar-refractivity contribution in [1.82, 2.24) is 14.3 Å². The van der Waals surface area contributed by atoms with Gasteiger partial charge in [-0.2, -0.15) is 4.68 Å². The van der Waals surface area contributed by atoms with Gasteiger partial charge >= 0.3 is 0 Å². The lowest BCUT2D eigenvalue weighted by Gasteiger charge is -2.26. The molecule has 1 aliphatic heterocycles. The summed E-state index contributed by atoms with van der Waals surface area (Å²) in [6, 6.07) is 16.2. The van der Waals surface area contributed by atoms with Crippen LogP contribution in [0.5, 0.6) is 0 Å². The first kappa shape index (κ1) is 18.0. The van der Waals surface area contributed by atoms with E-state index in [0.717, 1.165) is 43.0 Å². The first-order valence-electron chi connectivity index (χ1n) is 9.14. The van der Waals surface area contributed by atoms with E-state index >= 15 is 0 Å². The number of likely N-dealkylation sites (tertiary alicyclic amines) is 1. The molecule has 2 N–H and O–H groups in total. The number of piperidine rings is 1. The van der Waals surface area contributed by atoms with Gasteiger partial charge in [0.2, 0.25) is 4.77 Å². The zero-order valence-electron chi connectivity index (χ0n) is 14.9. The molecule has 0 amide bonds. The summed E-state index contributed by atoms with van der Waals surface area (Å²) in [5, 5.41) is 14.5. The van der Waals surface area contributed by atoms with Gasteiger partial charge in [0.05, 0.1) is 24.9 Å². The number of aliphatic hydroxyl groups excluding tert-OH is 1. The normalized spacial score (nSPS) is 19.9. The van der Waals surface area contributed by atoms with Crippen LogP contribution in [0, 0.1) is 10.6 Å². The van der Waals surface area contributed by atoms with E-state index in [1.165, 1.54) is 17.0 Å². The number of hydrogen-bond acceptors (Lipinski definition) is 3. The molecule has 3 aromatic rings. The molecule has 0 unspecified atom stereocenters. The second-order valence-electron chi connectivity index (χ2n) is 6.92. The summed E-state index contributed by atoms with van der Waals surface area (Å²) in [7, 11) is 0. The monoisotopic (exact) mass is 385 g/mol. The van der Waals surface area contributed by atoms with E-state index in [2.05, 4.69) is 0 Å². The molecule has 1 aliphatic rings. The number of aromatic nitrogens is 3. The fourth-order valence-electron chi connectivity index (χ4n) is 3.49. The van der Waals surface area contributed by atoms with Crippen molar-refractivity contribution in [1.29, 1.82) is 0 Å². The van der Waals surface area contributed by atoms with E-state index in [-0.39, 0.29) is 11.9 Å². The Morgan fingerprint density at radius 3 is 2.41 bits per heavy atom. The Labute approximate surface area is 162 Å². The van der Waals surface area contributed by atoms with Crippen LogP contribution in [0.25, 0.3) is 17.1 Å². The molecular weight excluding hydrogens is 363 g/mol. The van der Waals surface area contributed by atoms with Crippen molar-refractivity contribution in [2.24, 2.45) is 0 Å². The molecule has 1 saturated heterocycles. The minimum absolute atomic E-state index is 0.196. The Bertz CT molecular complexity index is 960.